The standard InChI is InChI=1S/C23H36IN3O4S/c1-15(2)9-14-27(21(29)31-23(6,7)8)19-17(24)25-18(32-19)16-10-12-26(13-11-16)20(28)30-22(3,4)5/h9,16H,10-14H2,1-8H3. The van der Waals surface area contributed by atoms with Crippen LogP contribution in [0.5, 0.6) is 0 Å². The summed E-state index contributed by atoms with van der Waals surface area (Å²) in [5.74, 6) is 0.255. The van der Waals surface area contributed by atoms with Crippen molar-refractivity contribution < 1.29 is 19.1 Å². The minimum Gasteiger partial charge on any atom is -0.444 e. The largest absolute Gasteiger partial charge is 0.444 e. The Bertz CT molecular complexity index is 842. The van der Waals surface area contributed by atoms with E-state index in [2.05, 4.69) is 22.6 Å². The van der Waals surface area contributed by atoms with Gasteiger partial charge >= 0.3 is 12.2 Å². The number of thiazole rings is 1. The van der Waals surface area contributed by atoms with Crippen LogP contribution in [-0.4, -0.2) is 52.9 Å². The van der Waals surface area contributed by atoms with Gasteiger partial charge in [0, 0.05) is 25.6 Å². The molecule has 0 aromatic carbocycles. The van der Waals surface area contributed by atoms with Gasteiger partial charge in [-0.25, -0.2) is 14.6 Å². The highest BCUT2D eigenvalue weighted by Gasteiger charge is 2.31. The average molecular weight is 578 g/mol. The molecule has 1 fully saturated rings. The predicted octanol–water partition coefficient (Wildman–Crippen LogP) is 6.57. The molecule has 0 N–H and O–H groups in total. The van der Waals surface area contributed by atoms with Crippen LogP contribution in [0.2, 0.25) is 0 Å². The summed E-state index contributed by atoms with van der Waals surface area (Å²) in [7, 11) is 0. The van der Waals surface area contributed by atoms with Crippen molar-refractivity contribution in [2.24, 2.45) is 0 Å². The molecule has 1 saturated heterocycles. The zero-order valence-electron chi connectivity index (χ0n) is 20.5. The van der Waals surface area contributed by atoms with Gasteiger partial charge in [0.2, 0.25) is 0 Å². The van der Waals surface area contributed by atoms with Gasteiger partial charge in [-0.1, -0.05) is 23.0 Å². The Balaban J connectivity index is 2.15. The van der Waals surface area contributed by atoms with E-state index < -0.39 is 11.2 Å². The number of hydrogen-bond acceptors (Lipinski definition) is 6. The van der Waals surface area contributed by atoms with Gasteiger partial charge in [0.05, 0.1) is 5.01 Å². The minimum absolute atomic E-state index is 0.255. The molecule has 0 saturated carbocycles. The van der Waals surface area contributed by atoms with E-state index in [1.165, 1.54) is 0 Å². The van der Waals surface area contributed by atoms with Crippen molar-refractivity contribution in [3.63, 3.8) is 0 Å². The lowest BCUT2D eigenvalue weighted by molar-refractivity contribution is 0.0204. The van der Waals surface area contributed by atoms with Gasteiger partial charge in [-0.2, -0.15) is 0 Å². The number of anilines is 1. The van der Waals surface area contributed by atoms with Gasteiger partial charge in [-0.15, -0.1) is 0 Å². The van der Waals surface area contributed by atoms with Gasteiger partial charge in [-0.3, -0.25) is 4.90 Å². The second-order valence-corrected chi connectivity index (χ2v) is 12.3. The Morgan fingerprint density at radius 3 is 2.19 bits per heavy atom. The molecule has 2 rings (SSSR count). The number of halogens is 1. The van der Waals surface area contributed by atoms with Crippen LogP contribution >= 0.6 is 33.9 Å². The van der Waals surface area contributed by atoms with Crippen molar-refractivity contribution in [1.82, 2.24) is 9.88 Å². The SMILES string of the molecule is CC(C)=CCN(C(=O)OC(C)(C)C)c1sc(C2CCN(C(=O)OC(C)(C)C)CC2)nc1I. The molecule has 1 aromatic heterocycles. The molecule has 0 unspecified atom stereocenters. The topological polar surface area (TPSA) is 72.0 Å². The molecule has 7 nitrogen and oxygen atoms in total. The van der Waals surface area contributed by atoms with Crippen LogP contribution in [0.25, 0.3) is 0 Å². The number of carbonyl (C=O) groups excluding carboxylic acids is 2. The number of amides is 2. The van der Waals surface area contributed by atoms with E-state index >= 15 is 0 Å². The van der Waals surface area contributed by atoms with Crippen LogP contribution in [0.3, 0.4) is 0 Å². The van der Waals surface area contributed by atoms with E-state index in [1.54, 1.807) is 21.1 Å². The van der Waals surface area contributed by atoms with Crippen LogP contribution in [0.4, 0.5) is 14.6 Å². The molecule has 2 heterocycles. The molecule has 32 heavy (non-hydrogen) atoms. The quantitative estimate of drug-likeness (QED) is 0.299. The monoisotopic (exact) mass is 577 g/mol. The van der Waals surface area contributed by atoms with Gasteiger partial charge in [0.1, 0.15) is 19.9 Å². The molecule has 1 aromatic rings. The van der Waals surface area contributed by atoms with E-state index in [4.69, 9.17) is 14.5 Å². The van der Waals surface area contributed by atoms with Crippen LogP contribution in [0.15, 0.2) is 11.6 Å². The molecule has 9 heteroatoms. The number of likely N-dealkylation sites (tertiary alicyclic amines) is 1. The Morgan fingerprint density at radius 2 is 1.69 bits per heavy atom. The summed E-state index contributed by atoms with van der Waals surface area (Å²) < 4.78 is 11.9. The number of hydrogen-bond donors (Lipinski definition) is 0. The summed E-state index contributed by atoms with van der Waals surface area (Å²) in [5.41, 5.74) is 0.0612. The Hall–Kier alpha value is -1.36. The van der Waals surface area contributed by atoms with Crippen LogP contribution < -0.4 is 4.90 Å². The van der Waals surface area contributed by atoms with Crippen molar-refractivity contribution in [2.45, 2.75) is 85.4 Å². The number of allylic oxidation sites excluding steroid dienone is 1. The fourth-order valence-electron chi connectivity index (χ4n) is 3.12. The van der Waals surface area contributed by atoms with E-state index in [9.17, 15) is 9.59 Å². The predicted molar refractivity (Wildman–Crippen MR) is 138 cm³/mol. The summed E-state index contributed by atoms with van der Waals surface area (Å²) in [6.45, 7) is 17.0. The van der Waals surface area contributed by atoms with Crippen LogP contribution in [-0.2, 0) is 9.47 Å². The van der Waals surface area contributed by atoms with Crippen LogP contribution in [0, 0.1) is 3.70 Å². The highest BCUT2D eigenvalue weighted by molar-refractivity contribution is 14.1. The summed E-state index contributed by atoms with van der Waals surface area (Å²) >= 11 is 3.74. The molecule has 0 bridgehead atoms. The molecule has 2 amide bonds. The third-order valence-corrected chi connectivity index (χ3v) is 6.98. The lowest BCUT2D eigenvalue weighted by Gasteiger charge is -2.32. The second-order valence-electron chi connectivity index (χ2n) is 10.3. The first-order chi connectivity index (χ1) is 14.7. The van der Waals surface area contributed by atoms with E-state index in [0.717, 1.165) is 32.1 Å². The van der Waals surface area contributed by atoms with Gasteiger partial charge in [-0.05, 0) is 90.8 Å². The summed E-state index contributed by atoms with van der Waals surface area (Å²) in [5, 5.41) is 1.81. The first-order valence-corrected chi connectivity index (χ1v) is 12.8. The maximum atomic E-state index is 12.9. The van der Waals surface area contributed by atoms with E-state index in [-0.39, 0.29) is 18.1 Å². The maximum Gasteiger partial charge on any atom is 0.415 e. The maximum absolute atomic E-state index is 12.9. The van der Waals surface area contributed by atoms with Gasteiger partial charge in [0.25, 0.3) is 0 Å². The Morgan fingerprint density at radius 1 is 1.12 bits per heavy atom. The number of ether oxygens (including phenoxy) is 2. The highest BCUT2D eigenvalue weighted by Crippen LogP contribution is 2.38. The Kier molecular flexibility index (Phi) is 9.00. The first kappa shape index (κ1) is 26.9. The third kappa shape index (κ3) is 8.20. The van der Waals surface area contributed by atoms with Crippen molar-refractivity contribution in [1.29, 1.82) is 0 Å². The van der Waals surface area contributed by atoms with Crippen molar-refractivity contribution in [3.8, 4) is 0 Å². The molecule has 0 aliphatic carbocycles. The molecule has 0 radical (unpaired) electrons. The molecule has 180 valence electrons. The van der Waals surface area contributed by atoms with Crippen LogP contribution in [0.1, 0.15) is 79.2 Å². The minimum atomic E-state index is -0.576. The smallest absolute Gasteiger partial charge is 0.415 e. The van der Waals surface area contributed by atoms with Gasteiger partial charge in [0.15, 0.2) is 0 Å². The van der Waals surface area contributed by atoms with E-state index in [0.29, 0.717) is 19.6 Å². The van der Waals surface area contributed by atoms with Crippen molar-refractivity contribution in [3.05, 3.63) is 20.4 Å². The molecule has 0 spiro atoms. The number of carbonyl (C=O) groups is 2. The number of rotatable bonds is 4. The third-order valence-electron chi connectivity index (χ3n) is 4.62. The number of piperidine rings is 1. The summed E-state index contributed by atoms with van der Waals surface area (Å²) in [4.78, 5) is 33.5. The molecule has 1 aliphatic rings. The zero-order chi connectivity index (χ0) is 24.3. The first-order valence-electron chi connectivity index (χ1n) is 10.9. The Labute approximate surface area is 209 Å². The number of aromatic nitrogens is 1. The fourth-order valence-corrected chi connectivity index (χ4v) is 5.29. The van der Waals surface area contributed by atoms with Crippen molar-refractivity contribution in [2.75, 3.05) is 24.5 Å². The number of nitrogens with zero attached hydrogens (tertiary/aromatic N) is 3. The van der Waals surface area contributed by atoms with Gasteiger partial charge < -0.3 is 14.4 Å². The second kappa shape index (κ2) is 10.7. The lowest BCUT2D eigenvalue weighted by atomic mass is 9.98. The summed E-state index contributed by atoms with van der Waals surface area (Å²) in [6, 6.07) is 0. The molecular formula is C23H36IN3O4S. The van der Waals surface area contributed by atoms with Crippen molar-refractivity contribution >= 4 is 51.1 Å². The zero-order valence-corrected chi connectivity index (χ0v) is 23.4. The molecular weight excluding hydrogens is 541 g/mol. The average Bonchev–Trinajstić information content (AvgIpc) is 3.00. The summed E-state index contributed by atoms with van der Waals surface area (Å²) in [6.07, 6.45) is 3.02. The van der Waals surface area contributed by atoms with E-state index in [1.807, 2.05) is 61.5 Å². The molecule has 0 atom stereocenters. The molecule has 1 aliphatic heterocycles. The highest BCUT2D eigenvalue weighted by atomic mass is 127. The lowest BCUT2D eigenvalue weighted by Crippen LogP contribution is -2.41. The fraction of sp³-hybridized carbons (Fsp3) is 0.696. The normalized spacial score (nSPS) is 15.3.